The van der Waals surface area contributed by atoms with Gasteiger partial charge in [-0.2, -0.15) is 5.26 Å². The largest absolute Gasteiger partial charge is 0.493 e. The molecule has 0 aliphatic heterocycles. The van der Waals surface area contributed by atoms with Gasteiger partial charge in [-0.05, 0) is 30.7 Å². The van der Waals surface area contributed by atoms with Crippen LogP contribution in [0.25, 0.3) is 0 Å². The zero-order valence-electron chi connectivity index (χ0n) is 8.91. The maximum Gasteiger partial charge on any atom is 0.178 e. The number of ether oxygens (including phenoxy) is 2. The van der Waals surface area contributed by atoms with Crippen molar-refractivity contribution in [3.05, 3.63) is 23.3 Å². The van der Waals surface area contributed by atoms with Gasteiger partial charge in [-0.25, -0.2) is 0 Å². The van der Waals surface area contributed by atoms with Crippen LogP contribution in [0.2, 0.25) is 0 Å². The molecule has 0 aromatic heterocycles. The number of hydrogen-bond donors (Lipinski definition) is 1. The third-order valence-electron chi connectivity index (χ3n) is 2.09. The lowest BCUT2D eigenvalue weighted by Crippen LogP contribution is -2.04. The van der Waals surface area contributed by atoms with Gasteiger partial charge in [-0.3, -0.25) is 0 Å². The molecule has 0 heterocycles. The van der Waals surface area contributed by atoms with Gasteiger partial charge in [-0.1, -0.05) is 0 Å². The van der Waals surface area contributed by atoms with E-state index >= 15 is 0 Å². The molecule has 2 N–H and O–H groups in total. The van der Waals surface area contributed by atoms with Crippen molar-refractivity contribution in [1.82, 2.24) is 0 Å². The molecule has 1 aromatic carbocycles. The number of hydrogen-bond acceptors (Lipinski definition) is 4. The molecule has 0 atom stereocenters. The number of nitriles is 1. The van der Waals surface area contributed by atoms with E-state index in [1.54, 1.807) is 13.2 Å². The maximum atomic E-state index is 8.95. The second-order valence-electron chi connectivity index (χ2n) is 3.03. The molecule has 1 rings (SSSR count). The Bertz CT molecular complexity index is 383. The second-order valence-corrected chi connectivity index (χ2v) is 3.03. The normalized spacial score (nSPS) is 9.47. The van der Waals surface area contributed by atoms with E-state index in [-0.39, 0.29) is 0 Å². The predicted molar refractivity (Wildman–Crippen MR) is 57.0 cm³/mol. The van der Waals surface area contributed by atoms with Gasteiger partial charge in [-0.15, -0.1) is 0 Å². The van der Waals surface area contributed by atoms with Crippen LogP contribution >= 0.6 is 0 Å². The highest BCUT2D eigenvalue weighted by atomic mass is 16.5. The van der Waals surface area contributed by atoms with Crippen molar-refractivity contribution in [3.8, 4) is 17.6 Å². The summed E-state index contributed by atoms with van der Waals surface area (Å²) in [6.07, 6.45) is 0.717. The molecule has 15 heavy (non-hydrogen) atoms. The van der Waals surface area contributed by atoms with E-state index in [4.69, 9.17) is 20.5 Å². The summed E-state index contributed by atoms with van der Waals surface area (Å²) in [6, 6.07) is 5.69. The van der Waals surface area contributed by atoms with Crippen LogP contribution in [-0.2, 0) is 6.42 Å². The SMILES string of the molecule is COc1cc(CCN)cc(C#N)c1OC. The first kappa shape index (κ1) is 11.3. The first-order chi connectivity index (χ1) is 7.26. The lowest BCUT2D eigenvalue weighted by Gasteiger charge is -2.11. The van der Waals surface area contributed by atoms with E-state index in [0.29, 0.717) is 23.6 Å². The number of nitrogens with zero attached hydrogens (tertiary/aromatic N) is 1. The Labute approximate surface area is 89.2 Å². The highest BCUT2D eigenvalue weighted by Gasteiger charge is 2.11. The van der Waals surface area contributed by atoms with E-state index in [1.807, 2.05) is 6.07 Å². The molecule has 4 heteroatoms. The Hall–Kier alpha value is -1.73. The molecule has 0 unspecified atom stereocenters. The van der Waals surface area contributed by atoms with Crippen LogP contribution in [0.5, 0.6) is 11.5 Å². The Morgan fingerprint density at radius 3 is 2.53 bits per heavy atom. The van der Waals surface area contributed by atoms with Crippen molar-refractivity contribution in [2.75, 3.05) is 20.8 Å². The van der Waals surface area contributed by atoms with Gasteiger partial charge in [0.2, 0.25) is 0 Å². The molecule has 0 saturated carbocycles. The van der Waals surface area contributed by atoms with Gasteiger partial charge >= 0.3 is 0 Å². The van der Waals surface area contributed by atoms with Crippen LogP contribution in [0, 0.1) is 11.3 Å². The van der Waals surface area contributed by atoms with Crippen LogP contribution in [0.1, 0.15) is 11.1 Å². The topological polar surface area (TPSA) is 68.3 Å². The molecule has 0 fully saturated rings. The number of benzene rings is 1. The fourth-order valence-electron chi connectivity index (χ4n) is 1.42. The Balaban J connectivity index is 3.24. The van der Waals surface area contributed by atoms with Crippen molar-refractivity contribution >= 4 is 0 Å². The van der Waals surface area contributed by atoms with Gasteiger partial charge in [0.25, 0.3) is 0 Å². The minimum Gasteiger partial charge on any atom is -0.493 e. The summed E-state index contributed by atoms with van der Waals surface area (Å²) in [6.45, 7) is 0.542. The molecule has 0 saturated heterocycles. The summed E-state index contributed by atoms with van der Waals surface area (Å²) in [7, 11) is 3.06. The van der Waals surface area contributed by atoms with Crippen molar-refractivity contribution in [2.24, 2.45) is 5.73 Å². The van der Waals surface area contributed by atoms with E-state index in [2.05, 4.69) is 6.07 Å². The molecular weight excluding hydrogens is 192 g/mol. The third-order valence-corrected chi connectivity index (χ3v) is 2.09. The maximum absolute atomic E-state index is 8.95. The monoisotopic (exact) mass is 206 g/mol. The van der Waals surface area contributed by atoms with E-state index in [9.17, 15) is 0 Å². The van der Waals surface area contributed by atoms with Crippen molar-refractivity contribution in [2.45, 2.75) is 6.42 Å². The van der Waals surface area contributed by atoms with Crippen LogP contribution in [0.4, 0.5) is 0 Å². The van der Waals surface area contributed by atoms with Crippen molar-refractivity contribution in [3.63, 3.8) is 0 Å². The smallest absolute Gasteiger partial charge is 0.178 e. The summed E-state index contributed by atoms with van der Waals surface area (Å²) >= 11 is 0. The molecule has 1 aromatic rings. The Morgan fingerprint density at radius 2 is 2.07 bits per heavy atom. The predicted octanol–water partition coefficient (Wildman–Crippen LogP) is 1.08. The van der Waals surface area contributed by atoms with Crippen LogP contribution < -0.4 is 15.2 Å². The van der Waals surface area contributed by atoms with Crippen LogP contribution in [0.15, 0.2) is 12.1 Å². The minimum atomic E-state index is 0.473. The highest BCUT2D eigenvalue weighted by molar-refractivity contribution is 5.54. The second kappa shape index (κ2) is 5.23. The third kappa shape index (κ3) is 2.39. The van der Waals surface area contributed by atoms with Gasteiger partial charge in [0.15, 0.2) is 11.5 Å². The van der Waals surface area contributed by atoms with Crippen molar-refractivity contribution in [1.29, 1.82) is 5.26 Å². The van der Waals surface area contributed by atoms with Gasteiger partial charge in [0, 0.05) is 0 Å². The molecule has 0 aliphatic rings. The van der Waals surface area contributed by atoms with Crippen molar-refractivity contribution < 1.29 is 9.47 Å². The van der Waals surface area contributed by atoms with Gasteiger partial charge < -0.3 is 15.2 Å². The van der Waals surface area contributed by atoms with E-state index < -0.39 is 0 Å². The standard InChI is InChI=1S/C11H14N2O2/c1-14-10-6-8(3-4-12)5-9(7-13)11(10)15-2/h5-6H,3-4,12H2,1-2H3. The summed E-state index contributed by atoms with van der Waals surface area (Å²) in [5, 5.41) is 8.95. The highest BCUT2D eigenvalue weighted by Crippen LogP contribution is 2.32. The summed E-state index contributed by atoms with van der Waals surface area (Å²) in [5.41, 5.74) is 6.91. The Morgan fingerprint density at radius 1 is 1.33 bits per heavy atom. The molecule has 0 bridgehead atoms. The molecule has 0 radical (unpaired) electrons. The zero-order valence-corrected chi connectivity index (χ0v) is 8.91. The van der Waals surface area contributed by atoms with Crippen LogP contribution in [0.3, 0.4) is 0 Å². The fraction of sp³-hybridized carbons (Fsp3) is 0.364. The zero-order chi connectivity index (χ0) is 11.3. The molecule has 0 aliphatic carbocycles. The first-order valence-electron chi connectivity index (χ1n) is 4.61. The summed E-state index contributed by atoms with van der Waals surface area (Å²) in [5.74, 6) is 1.04. The molecule has 4 nitrogen and oxygen atoms in total. The first-order valence-corrected chi connectivity index (χ1v) is 4.61. The average Bonchev–Trinajstić information content (AvgIpc) is 2.28. The summed E-state index contributed by atoms with van der Waals surface area (Å²) in [4.78, 5) is 0. The minimum absolute atomic E-state index is 0.473. The number of rotatable bonds is 4. The van der Waals surface area contributed by atoms with E-state index in [0.717, 1.165) is 12.0 Å². The fourth-order valence-corrected chi connectivity index (χ4v) is 1.42. The number of nitrogens with two attached hydrogens (primary N) is 1. The molecule has 0 spiro atoms. The van der Waals surface area contributed by atoms with Gasteiger partial charge in [0.1, 0.15) is 6.07 Å². The van der Waals surface area contributed by atoms with Gasteiger partial charge in [0.05, 0.1) is 19.8 Å². The average molecular weight is 206 g/mol. The summed E-state index contributed by atoms with van der Waals surface area (Å²) < 4.78 is 10.3. The molecule has 80 valence electrons. The Kier molecular flexibility index (Phi) is 3.95. The number of methoxy groups -OCH3 is 2. The lowest BCUT2D eigenvalue weighted by molar-refractivity contribution is 0.353. The lowest BCUT2D eigenvalue weighted by atomic mass is 10.1. The quantitative estimate of drug-likeness (QED) is 0.800. The van der Waals surface area contributed by atoms with Crippen LogP contribution in [-0.4, -0.2) is 20.8 Å². The molecular formula is C11H14N2O2. The van der Waals surface area contributed by atoms with E-state index in [1.165, 1.54) is 7.11 Å². The molecule has 0 amide bonds.